The van der Waals surface area contributed by atoms with Gasteiger partial charge in [-0.15, -0.1) is 0 Å². The fourth-order valence-electron chi connectivity index (χ4n) is 2.01. The minimum Gasteiger partial charge on any atom is -0.325 e. The SMILES string of the molecule is Cc1ccccc1CNCCC(=O)Nc1ccccc1Br. The summed E-state index contributed by atoms with van der Waals surface area (Å²) in [4.78, 5) is 11.9. The van der Waals surface area contributed by atoms with Gasteiger partial charge in [0, 0.05) is 24.0 Å². The summed E-state index contributed by atoms with van der Waals surface area (Å²) < 4.78 is 0.895. The van der Waals surface area contributed by atoms with Crippen LogP contribution in [0.3, 0.4) is 0 Å². The molecule has 0 spiro atoms. The van der Waals surface area contributed by atoms with Crippen LogP contribution in [0.2, 0.25) is 0 Å². The molecule has 1 amide bonds. The van der Waals surface area contributed by atoms with Crippen LogP contribution in [-0.2, 0) is 11.3 Å². The van der Waals surface area contributed by atoms with Gasteiger partial charge in [-0.25, -0.2) is 0 Å². The van der Waals surface area contributed by atoms with E-state index in [2.05, 4.69) is 45.6 Å². The van der Waals surface area contributed by atoms with Gasteiger partial charge in [-0.2, -0.15) is 0 Å². The molecule has 0 bridgehead atoms. The number of carbonyl (C=O) groups is 1. The highest BCUT2D eigenvalue weighted by Crippen LogP contribution is 2.21. The molecule has 0 saturated carbocycles. The Labute approximate surface area is 133 Å². The first-order chi connectivity index (χ1) is 10.2. The van der Waals surface area contributed by atoms with Crippen LogP contribution in [0.5, 0.6) is 0 Å². The number of amides is 1. The van der Waals surface area contributed by atoms with E-state index in [-0.39, 0.29) is 5.91 Å². The number of hydrogen-bond donors (Lipinski definition) is 2. The topological polar surface area (TPSA) is 41.1 Å². The van der Waals surface area contributed by atoms with Gasteiger partial charge in [0.15, 0.2) is 0 Å². The first-order valence-electron chi connectivity index (χ1n) is 6.96. The highest BCUT2D eigenvalue weighted by molar-refractivity contribution is 9.10. The third-order valence-electron chi connectivity index (χ3n) is 3.25. The van der Waals surface area contributed by atoms with Crippen molar-refractivity contribution in [3.8, 4) is 0 Å². The van der Waals surface area contributed by atoms with Gasteiger partial charge in [-0.1, -0.05) is 36.4 Å². The second-order valence-corrected chi connectivity index (χ2v) is 5.74. The van der Waals surface area contributed by atoms with Crippen LogP contribution in [0.1, 0.15) is 17.5 Å². The molecule has 0 radical (unpaired) electrons. The fraction of sp³-hybridized carbons (Fsp3) is 0.235. The monoisotopic (exact) mass is 346 g/mol. The van der Waals surface area contributed by atoms with E-state index in [0.29, 0.717) is 13.0 Å². The number of carbonyl (C=O) groups excluding carboxylic acids is 1. The quantitative estimate of drug-likeness (QED) is 0.779. The molecule has 110 valence electrons. The lowest BCUT2D eigenvalue weighted by Crippen LogP contribution is -2.21. The van der Waals surface area contributed by atoms with Gasteiger partial charge in [0.25, 0.3) is 0 Å². The van der Waals surface area contributed by atoms with Crippen molar-refractivity contribution in [2.24, 2.45) is 0 Å². The molecule has 0 fully saturated rings. The van der Waals surface area contributed by atoms with Crippen LogP contribution in [0.15, 0.2) is 53.0 Å². The maximum Gasteiger partial charge on any atom is 0.225 e. The third kappa shape index (κ3) is 4.99. The van der Waals surface area contributed by atoms with Gasteiger partial charge in [-0.3, -0.25) is 4.79 Å². The van der Waals surface area contributed by atoms with Crippen molar-refractivity contribution in [1.29, 1.82) is 0 Å². The third-order valence-corrected chi connectivity index (χ3v) is 3.94. The molecular weight excluding hydrogens is 328 g/mol. The summed E-state index contributed by atoms with van der Waals surface area (Å²) in [5, 5.41) is 6.20. The Morgan fingerprint density at radius 3 is 2.57 bits per heavy atom. The molecule has 0 aliphatic rings. The Morgan fingerprint density at radius 1 is 1.10 bits per heavy atom. The van der Waals surface area contributed by atoms with Crippen LogP contribution in [0.25, 0.3) is 0 Å². The summed E-state index contributed by atoms with van der Waals surface area (Å²) in [6, 6.07) is 15.9. The lowest BCUT2D eigenvalue weighted by Gasteiger charge is -2.09. The lowest BCUT2D eigenvalue weighted by molar-refractivity contribution is -0.116. The Bertz CT molecular complexity index is 613. The van der Waals surface area contributed by atoms with Crippen molar-refractivity contribution in [3.63, 3.8) is 0 Å². The molecule has 4 heteroatoms. The highest BCUT2D eigenvalue weighted by Gasteiger charge is 2.04. The number of anilines is 1. The van der Waals surface area contributed by atoms with Gasteiger partial charge < -0.3 is 10.6 Å². The van der Waals surface area contributed by atoms with E-state index in [4.69, 9.17) is 0 Å². The van der Waals surface area contributed by atoms with E-state index in [1.807, 2.05) is 36.4 Å². The molecular formula is C17H19BrN2O. The predicted molar refractivity (Wildman–Crippen MR) is 90.3 cm³/mol. The van der Waals surface area contributed by atoms with Crippen LogP contribution in [0.4, 0.5) is 5.69 Å². The Balaban J connectivity index is 1.73. The first-order valence-corrected chi connectivity index (χ1v) is 7.76. The van der Waals surface area contributed by atoms with E-state index in [9.17, 15) is 4.79 Å². The van der Waals surface area contributed by atoms with Crippen LogP contribution < -0.4 is 10.6 Å². The molecule has 0 atom stereocenters. The van der Waals surface area contributed by atoms with Crippen molar-refractivity contribution in [2.45, 2.75) is 19.9 Å². The number of para-hydroxylation sites is 1. The van der Waals surface area contributed by atoms with Crippen molar-refractivity contribution in [2.75, 3.05) is 11.9 Å². The molecule has 0 heterocycles. The number of benzene rings is 2. The summed E-state index contributed by atoms with van der Waals surface area (Å²) in [6.07, 6.45) is 0.452. The largest absolute Gasteiger partial charge is 0.325 e. The molecule has 0 unspecified atom stereocenters. The van der Waals surface area contributed by atoms with E-state index in [1.54, 1.807) is 0 Å². The number of hydrogen-bond acceptors (Lipinski definition) is 2. The zero-order valence-corrected chi connectivity index (χ0v) is 13.6. The molecule has 2 N–H and O–H groups in total. The smallest absolute Gasteiger partial charge is 0.225 e. The normalized spacial score (nSPS) is 10.4. The molecule has 3 nitrogen and oxygen atoms in total. The minimum absolute atomic E-state index is 0.0131. The molecule has 0 saturated heterocycles. The number of aryl methyl sites for hydroxylation is 1. The van der Waals surface area contributed by atoms with Crippen LogP contribution in [-0.4, -0.2) is 12.5 Å². The Morgan fingerprint density at radius 2 is 1.81 bits per heavy atom. The Hall–Kier alpha value is -1.65. The van der Waals surface area contributed by atoms with Gasteiger partial charge in [0.05, 0.1) is 5.69 Å². The minimum atomic E-state index is 0.0131. The maximum atomic E-state index is 11.9. The predicted octanol–water partition coefficient (Wildman–Crippen LogP) is 3.88. The van der Waals surface area contributed by atoms with Crippen molar-refractivity contribution >= 4 is 27.5 Å². The number of rotatable bonds is 6. The van der Waals surface area contributed by atoms with E-state index < -0.39 is 0 Å². The maximum absolute atomic E-state index is 11.9. The molecule has 2 aromatic rings. The van der Waals surface area contributed by atoms with Crippen molar-refractivity contribution in [3.05, 3.63) is 64.1 Å². The zero-order chi connectivity index (χ0) is 15.1. The molecule has 21 heavy (non-hydrogen) atoms. The van der Waals surface area contributed by atoms with E-state index in [1.165, 1.54) is 11.1 Å². The summed E-state index contributed by atoms with van der Waals surface area (Å²) in [5.41, 5.74) is 3.34. The molecule has 2 aromatic carbocycles. The standard InChI is InChI=1S/C17H19BrN2O/c1-13-6-2-3-7-14(13)12-19-11-10-17(21)20-16-9-5-4-8-15(16)18/h2-9,19H,10-12H2,1H3,(H,20,21). The average Bonchev–Trinajstić information content (AvgIpc) is 2.48. The Kier molecular flexibility index (Phi) is 5.96. The summed E-state index contributed by atoms with van der Waals surface area (Å²) in [5.74, 6) is 0.0131. The summed E-state index contributed by atoms with van der Waals surface area (Å²) in [6.45, 7) is 3.54. The summed E-state index contributed by atoms with van der Waals surface area (Å²) in [7, 11) is 0. The fourth-order valence-corrected chi connectivity index (χ4v) is 2.39. The molecule has 2 rings (SSSR count). The van der Waals surface area contributed by atoms with Crippen LogP contribution >= 0.6 is 15.9 Å². The molecule has 0 aliphatic heterocycles. The molecule has 0 aromatic heterocycles. The number of halogens is 1. The zero-order valence-electron chi connectivity index (χ0n) is 12.0. The van der Waals surface area contributed by atoms with Gasteiger partial charge in [0.2, 0.25) is 5.91 Å². The second-order valence-electron chi connectivity index (χ2n) is 4.88. The van der Waals surface area contributed by atoms with E-state index in [0.717, 1.165) is 16.7 Å². The van der Waals surface area contributed by atoms with Gasteiger partial charge >= 0.3 is 0 Å². The lowest BCUT2D eigenvalue weighted by atomic mass is 10.1. The second kappa shape index (κ2) is 7.96. The van der Waals surface area contributed by atoms with E-state index >= 15 is 0 Å². The van der Waals surface area contributed by atoms with Crippen molar-refractivity contribution < 1.29 is 4.79 Å². The molecule has 0 aliphatic carbocycles. The van der Waals surface area contributed by atoms with Gasteiger partial charge in [-0.05, 0) is 46.1 Å². The first kappa shape index (κ1) is 15.7. The average molecular weight is 347 g/mol. The summed E-state index contributed by atoms with van der Waals surface area (Å²) >= 11 is 3.41. The van der Waals surface area contributed by atoms with Crippen molar-refractivity contribution in [1.82, 2.24) is 5.32 Å². The van der Waals surface area contributed by atoms with Gasteiger partial charge in [0.1, 0.15) is 0 Å². The van der Waals surface area contributed by atoms with Crippen LogP contribution in [0, 0.1) is 6.92 Å². The number of nitrogens with one attached hydrogen (secondary N) is 2. The highest BCUT2D eigenvalue weighted by atomic mass is 79.9.